The number of sulfonamides is 1. The van der Waals surface area contributed by atoms with Crippen molar-refractivity contribution in [2.24, 2.45) is 5.92 Å². The largest absolute Gasteiger partial charge is 0.480 e. The van der Waals surface area contributed by atoms with E-state index >= 15 is 0 Å². The summed E-state index contributed by atoms with van der Waals surface area (Å²) in [7, 11) is -1.18. The molecule has 0 aliphatic carbocycles. The van der Waals surface area contributed by atoms with E-state index in [0.717, 1.165) is 24.3 Å². The topological polar surface area (TPSA) is 132 Å². The standard InChI is InChI=1S/C25H24FN5O5S.CH4.2CH3.2W/c1-15(23(32)27-2)13-31-14-29-21-9-4-16(10-20(21)25(31)33)17-11-22(24(36-3)28-12-17)30-37(34,35)19-7-5-18(26)6-8-19;;;;;/h4-12,14-15,30H,13H2,1-3H3,(H,27,32);1H4;2*1H3;;/q;;2*-1;;/t15-;;;;;/m0...../s1. The SMILES string of the molecule is C.CNC(=O)[C@@H](C)Cn1cnc2ccc(-c3cnc(OC)c(NS(=O)(=O)c4ccc(F)cc4)c3)cc2c1=O.[CH3-].[CH3-].[W].[W]. The van der Waals surface area contributed by atoms with Crippen LogP contribution in [0.2, 0.25) is 0 Å². The number of pyridine rings is 1. The molecule has 0 unspecified atom stereocenters. The number of nitrogens with one attached hydrogen (secondary N) is 2. The first kappa shape index (κ1) is 41.2. The zero-order valence-corrected chi connectivity index (χ0v) is 29.7. The summed E-state index contributed by atoms with van der Waals surface area (Å²) in [5.41, 5.74) is 1.30. The van der Waals surface area contributed by atoms with Crippen LogP contribution in [0.25, 0.3) is 22.0 Å². The molecule has 10 nitrogen and oxygen atoms in total. The van der Waals surface area contributed by atoms with Crippen molar-refractivity contribution in [1.29, 1.82) is 0 Å². The Balaban J connectivity index is 0. The fraction of sp³-hybridized carbons (Fsp3) is 0.214. The number of rotatable bonds is 8. The maximum Gasteiger partial charge on any atom is 0.262 e. The first-order valence-corrected chi connectivity index (χ1v) is 12.6. The van der Waals surface area contributed by atoms with Crippen molar-refractivity contribution in [2.75, 3.05) is 18.9 Å². The normalized spacial score (nSPS) is 10.8. The van der Waals surface area contributed by atoms with Gasteiger partial charge in [-0.05, 0) is 48.0 Å². The van der Waals surface area contributed by atoms with Crippen LogP contribution in [0.1, 0.15) is 14.4 Å². The number of ether oxygens (including phenoxy) is 1. The number of carbonyl (C=O) groups excluding carboxylic acids is 1. The molecule has 1 atom stereocenters. The molecule has 4 rings (SSSR count). The third-order valence-electron chi connectivity index (χ3n) is 5.73. The van der Waals surface area contributed by atoms with Crippen molar-refractivity contribution < 1.29 is 64.5 Å². The van der Waals surface area contributed by atoms with Gasteiger partial charge >= 0.3 is 0 Å². The van der Waals surface area contributed by atoms with Gasteiger partial charge < -0.3 is 24.9 Å². The molecule has 0 fully saturated rings. The minimum Gasteiger partial charge on any atom is -0.480 e. The molecule has 42 heavy (non-hydrogen) atoms. The van der Waals surface area contributed by atoms with Crippen LogP contribution in [-0.4, -0.2) is 43.0 Å². The Morgan fingerprint density at radius 3 is 2.29 bits per heavy atom. The summed E-state index contributed by atoms with van der Waals surface area (Å²) in [6.45, 7) is 1.87. The van der Waals surface area contributed by atoms with Crippen molar-refractivity contribution in [3.8, 4) is 17.0 Å². The average Bonchev–Trinajstić information content (AvgIpc) is 2.89. The van der Waals surface area contributed by atoms with Crippen molar-refractivity contribution in [3.05, 3.63) is 92.1 Å². The second-order valence-electron chi connectivity index (χ2n) is 8.29. The Bertz CT molecular complexity index is 1650. The molecule has 0 saturated carbocycles. The third kappa shape index (κ3) is 9.03. The molecule has 0 bridgehead atoms. The van der Waals surface area contributed by atoms with Gasteiger partial charge in [-0.2, -0.15) is 0 Å². The molecule has 0 radical (unpaired) electrons. The first-order chi connectivity index (χ1) is 17.6. The second-order valence-corrected chi connectivity index (χ2v) is 9.97. The van der Waals surface area contributed by atoms with Crippen molar-refractivity contribution >= 4 is 32.5 Å². The van der Waals surface area contributed by atoms with Crippen molar-refractivity contribution in [3.63, 3.8) is 0 Å². The van der Waals surface area contributed by atoms with E-state index in [1.165, 1.54) is 37.3 Å². The molecule has 2 aromatic heterocycles. The molecule has 0 aliphatic heterocycles. The quantitative estimate of drug-likeness (QED) is 0.252. The van der Waals surface area contributed by atoms with E-state index in [-0.39, 0.29) is 98.9 Å². The summed E-state index contributed by atoms with van der Waals surface area (Å²) < 4.78 is 48.0. The number of halogens is 1. The van der Waals surface area contributed by atoms with E-state index in [0.29, 0.717) is 22.0 Å². The van der Waals surface area contributed by atoms with Gasteiger partial charge in [0.25, 0.3) is 15.6 Å². The van der Waals surface area contributed by atoms with E-state index in [9.17, 15) is 22.4 Å². The molecule has 2 heterocycles. The molecular weight excluding hydrogens is 905 g/mol. The van der Waals surface area contributed by atoms with Crippen LogP contribution in [0, 0.1) is 26.6 Å². The number of amides is 1. The van der Waals surface area contributed by atoms with E-state index in [1.54, 1.807) is 25.1 Å². The zero-order valence-electron chi connectivity index (χ0n) is 23.0. The zero-order chi connectivity index (χ0) is 26.7. The Labute approximate surface area is 275 Å². The van der Waals surface area contributed by atoms with E-state index in [4.69, 9.17) is 4.74 Å². The van der Waals surface area contributed by atoms with Gasteiger partial charge in [0.2, 0.25) is 11.8 Å². The van der Waals surface area contributed by atoms with Gasteiger partial charge in [0.05, 0.1) is 35.2 Å². The first-order valence-electron chi connectivity index (χ1n) is 11.2. The van der Waals surface area contributed by atoms with E-state index < -0.39 is 21.8 Å². The minimum absolute atomic E-state index is 0. The molecule has 14 heteroatoms. The van der Waals surface area contributed by atoms with Crippen LogP contribution >= 0.6 is 0 Å². The predicted molar refractivity (Wildman–Crippen MR) is 156 cm³/mol. The minimum atomic E-state index is -4.06. The van der Waals surface area contributed by atoms with Gasteiger partial charge in [-0.15, -0.1) is 0 Å². The predicted octanol–water partition coefficient (Wildman–Crippen LogP) is 4.32. The summed E-state index contributed by atoms with van der Waals surface area (Å²) in [6, 6.07) is 10.9. The van der Waals surface area contributed by atoms with E-state index in [2.05, 4.69) is 20.0 Å². The van der Waals surface area contributed by atoms with Crippen LogP contribution < -0.4 is 20.3 Å². The fourth-order valence-corrected chi connectivity index (χ4v) is 4.80. The molecule has 4 aromatic rings. The van der Waals surface area contributed by atoms with Gasteiger partial charge in [0.1, 0.15) is 11.5 Å². The number of anilines is 1. The van der Waals surface area contributed by atoms with Crippen LogP contribution in [0.5, 0.6) is 5.88 Å². The summed E-state index contributed by atoms with van der Waals surface area (Å²) in [5.74, 6) is -1.16. The van der Waals surface area contributed by atoms with Crippen LogP contribution in [0.3, 0.4) is 0 Å². The number of carbonyl (C=O) groups is 1. The number of hydrogen-bond donors (Lipinski definition) is 2. The number of aromatic nitrogens is 3. The Morgan fingerprint density at radius 2 is 1.69 bits per heavy atom. The van der Waals surface area contributed by atoms with Crippen LogP contribution in [0.15, 0.2) is 70.7 Å². The summed E-state index contributed by atoms with van der Waals surface area (Å²) in [5, 5.41) is 2.89. The number of nitrogens with zero attached hydrogens (tertiary/aromatic N) is 3. The molecule has 0 spiro atoms. The van der Waals surface area contributed by atoms with Crippen LogP contribution in [-0.2, 0) is 63.5 Å². The van der Waals surface area contributed by atoms with Crippen LogP contribution in [0.4, 0.5) is 10.1 Å². The van der Waals surface area contributed by atoms with Crippen molar-refractivity contribution in [1.82, 2.24) is 19.9 Å². The molecule has 2 aromatic carbocycles. The van der Waals surface area contributed by atoms with Gasteiger partial charge in [0.15, 0.2) is 0 Å². The molecular formula is C28H34FN5O5SW2-2. The molecule has 1 amide bonds. The smallest absolute Gasteiger partial charge is 0.262 e. The Morgan fingerprint density at radius 1 is 1.05 bits per heavy atom. The maximum atomic E-state index is 13.2. The van der Waals surface area contributed by atoms with Crippen molar-refractivity contribution in [2.45, 2.75) is 25.8 Å². The molecule has 2 N–H and O–H groups in total. The molecule has 0 saturated heterocycles. The average molecular weight is 939 g/mol. The fourth-order valence-electron chi connectivity index (χ4n) is 3.76. The Kier molecular flexibility index (Phi) is 16.9. The number of hydrogen-bond acceptors (Lipinski definition) is 7. The number of fused-ring (bicyclic) bond motifs is 1. The third-order valence-corrected chi connectivity index (χ3v) is 7.12. The number of benzene rings is 2. The van der Waals surface area contributed by atoms with Gasteiger partial charge in [-0.3, -0.25) is 18.9 Å². The number of methoxy groups -OCH3 is 1. The van der Waals surface area contributed by atoms with E-state index in [1.807, 2.05) is 0 Å². The maximum absolute atomic E-state index is 13.2. The Hall–Kier alpha value is -2.94. The van der Waals surface area contributed by atoms with Gasteiger partial charge in [0, 0.05) is 67.5 Å². The summed E-state index contributed by atoms with van der Waals surface area (Å²) >= 11 is 0. The summed E-state index contributed by atoms with van der Waals surface area (Å²) in [4.78, 5) is 33.4. The summed E-state index contributed by atoms with van der Waals surface area (Å²) in [6.07, 6.45) is 2.89. The molecule has 0 aliphatic rings. The second kappa shape index (κ2) is 17.2. The monoisotopic (exact) mass is 939 g/mol. The molecule has 228 valence electrons. The van der Waals surface area contributed by atoms with Gasteiger partial charge in [-0.1, -0.05) is 20.4 Å². The van der Waals surface area contributed by atoms with Gasteiger partial charge in [-0.25, -0.2) is 22.8 Å².